The lowest BCUT2D eigenvalue weighted by molar-refractivity contribution is 0.0565. The molecule has 0 spiro atoms. The molecule has 0 atom stereocenters. The number of carbonyl (C=O) groups is 2. The highest BCUT2D eigenvalue weighted by Crippen LogP contribution is 2.27. The van der Waals surface area contributed by atoms with Gasteiger partial charge in [0, 0.05) is 11.3 Å². The van der Waals surface area contributed by atoms with Crippen LogP contribution >= 0.6 is 0 Å². The van der Waals surface area contributed by atoms with Gasteiger partial charge in [-0.25, -0.2) is 9.59 Å². The first-order chi connectivity index (χ1) is 10.8. The van der Waals surface area contributed by atoms with E-state index in [0.29, 0.717) is 11.3 Å². The molecule has 0 fully saturated rings. The number of hydrogen-bond donors (Lipinski definition) is 1. The highest BCUT2D eigenvalue weighted by atomic mass is 16.6. The lowest BCUT2D eigenvalue weighted by Crippen LogP contribution is -2.27. The van der Waals surface area contributed by atoms with Gasteiger partial charge in [0.15, 0.2) is 0 Å². The van der Waals surface area contributed by atoms with Crippen LogP contribution in [0.2, 0.25) is 0 Å². The summed E-state index contributed by atoms with van der Waals surface area (Å²) in [5.74, 6) is -0.402. The third-order valence-corrected chi connectivity index (χ3v) is 2.88. The van der Waals surface area contributed by atoms with Gasteiger partial charge >= 0.3 is 12.1 Å². The van der Waals surface area contributed by atoms with E-state index in [1.807, 2.05) is 0 Å². The van der Waals surface area contributed by atoms with Crippen molar-refractivity contribution in [3.63, 3.8) is 0 Å². The lowest BCUT2D eigenvalue weighted by atomic mass is 10.1. The Morgan fingerprint density at radius 1 is 1.09 bits per heavy atom. The van der Waals surface area contributed by atoms with E-state index in [1.54, 1.807) is 51.1 Å². The smallest absolute Gasteiger partial charge is 0.412 e. The Balaban J connectivity index is 2.13. The summed E-state index contributed by atoms with van der Waals surface area (Å²) in [4.78, 5) is 23.3. The van der Waals surface area contributed by atoms with Crippen molar-refractivity contribution in [1.82, 2.24) is 0 Å². The molecule has 1 aromatic carbocycles. The van der Waals surface area contributed by atoms with Crippen molar-refractivity contribution < 1.29 is 23.5 Å². The average molecular weight is 317 g/mol. The molecular weight excluding hydrogens is 298 g/mol. The van der Waals surface area contributed by atoms with E-state index in [0.717, 1.165) is 5.56 Å². The van der Waals surface area contributed by atoms with Gasteiger partial charge in [0.05, 0.1) is 13.4 Å². The molecule has 0 bridgehead atoms. The highest BCUT2D eigenvalue weighted by molar-refractivity contribution is 5.94. The highest BCUT2D eigenvalue weighted by Gasteiger charge is 2.18. The summed E-state index contributed by atoms with van der Waals surface area (Å²) >= 11 is 0. The zero-order valence-corrected chi connectivity index (χ0v) is 13.5. The Bertz CT molecular complexity index is 695. The Morgan fingerprint density at radius 3 is 2.30 bits per heavy atom. The number of ether oxygens (including phenoxy) is 2. The maximum atomic E-state index is 11.7. The van der Waals surface area contributed by atoms with Crippen molar-refractivity contribution in [3.05, 3.63) is 42.4 Å². The number of hydrogen-bond acceptors (Lipinski definition) is 5. The van der Waals surface area contributed by atoms with E-state index < -0.39 is 17.7 Å². The summed E-state index contributed by atoms with van der Waals surface area (Å²) in [6.45, 7) is 5.38. The van der Waals surface area contributed by atoms with Crippen molar-refractivity contribution in [2.75, 3.05) is 12.4 Å². The molecule has 1 heterocycles. The van der Waals surface area contributed by atoms with Gasteiger partial charge in [-0.3, -0.25) is 5.32 Å². The minimum absolute atomic E-state index is 0.139. The molecule has 0 unspecified atom stereocenters. The fourth-order valence-corrected chi connectivity index (χ4v) is 1.94. The van der Waals surface area contributed by atoms with Gasteiger partial charge in [0.1, 0.15) is 5.60 Å². The van der Waals surface area contributed by atoms with Crippen LogP contribution in [0.4, 0.5) is 10.5 Å². The quantitative estimate of drug-likeness (QED) is 0.863. The Morgan fingerprint density at radius 2 is 1.74 bits per heavy atom. The summed E-state index contributed by atoms with van der Waals surface area (Å²) in [6, 6.07) is 8.65. The number of esters is 1. The molecule has 2 aromatic rings. The zero-order chi connectivity index (χ0) is 17.0. The number of anilines is 1. The van der Waals surface area contributed by atoms with Crippen LogP contribution in [-0.2, 0) is 9.47 Å². The van der Waals surface area contributed by atoms with Crippen LogP contribution in [0.25, 0.3) is 11.1 Å². The third kappa shape index (κ3) is 4.35. The molecule has 1 N–H and O–H groups in total. The molecule has 0 aliphatic heterocycles. The Labute approximate surface area is 134 Å². The molecule has 0 aliphatic rings. The van der Waals surface area contributed by atoms with E-state index >= 15 is 0 Å². The average Bonchev–Trinajstić information content (AvgIpc) is 2.94. The van der Waals surface area contributed by atoms with Crippen LogP contribution in [0.15, 0.2) is 41.0 Å². The molecule has 0 aliphatic carbocycles. The summed E-state index contributed by atoms with van der Waals surface area (Å²) < 4.78 is 15.0. The molecule has 6 heteroatoms. The lowest BCUT2D eigenvalue weighted by Gasteiger charge is -2.19. The van der Waals surface area contributed by atoms with Crippen molar-refractivity contribution in [1.29, 1.82) is 0 Å². The molecule has 2 rings (SSSR count). The largest absolute Gasteiger partial charge is 0.463 e. The van der Waals surface area contributed by atoms with Crippen LogP contribution in [-0.4, -0.2) is 24.8 Å². The van der Waals surface area contributed by atoms with E-state index in [1.165, 1.54) is 13.4 Å². The van der Waals surface area contributed by atoms with E-state index in [4.69, 9.17) is 9.15 Å². The van der Waals surface area contributed by atoms with E-state index in [-0.39, 0.29) is 5.76 Å². The van der Waals surface area contributed by atoms with Crippen LogP contribution < -0.4 is 5.32 Å². The predicted molar refractivity (Wildman–Crippen MR) is 85.3 cm³/mol. The first kappa shape index (κ1) is 16.6. The maximum Gasteiger partial charge on any atom is 0.412 e. The summed E-state index contributed by atoms with van der Waals surface area (Å²) in [5, 5.41) is 2.64. The molecule has 1 amide bonds. The number of furan rings is 1. The standard InChI is InChI=1S/C17H19NO5/c1-17(2,3)23-16(20)18-12-7-5-11(6-8-12)13-9-10-22-14(13)15(19)21-4/h5-10H,1-4H3,(H,18,20). The first-order valence-electron chi connectivity index (χ1n) is 7.06. The van der Waals surface area contributed by atoms with Gasteiger partial charge in [0.2, 0.25) is 5.76 Å². The zero-order valence-electron chi connectivity index (χ0n) is 13.5. The summed E-state index contributed by atoms with van der Waals surface area (Å²) in [5.41, 5.74) is 1.43. The normalized spacial score (nSPS) is 11.0. The monoisotopic (exact) mass is 317 g/mol. The van der Waals surface area contributed by atoms with E-state index in [9.17, 15) is 9.59 Å². The number of amides is 1. The molecule has 6 nitrogen and oxygen atoms in total. The van der Waals surface area contributed by atoms with Crippen molar-refractivity contribution >= 4 is 17.7 Å². The Kier molecular flexibility index (Phi) is 4.74. The van der Waals surface area contributed by atoms with E-state index in [2.05, 4.69) is 10.1 Å². The van der Waals surface area contributed by atoms with Gasteiger partial charge in [-0.1, -0.05) is 12.1 Å². The molecule has 23 heavy (non-hydrogen) atoms. The predicted octanol–water partition coefficient (Wildman–Crippen LogP) is 4.08. The summed E-state index contributed by atoms with van der Waals surface area (Å²) in [6.07, 6.45) is 0.901. The fraction of sp³-hybridized carbons (Fsp3) is 0.294. The van der Waals surface area contributed by atoms with Gasteiger partial charge in [-0.15, -0.1) is 0 Å². The van der Waals surface area contributed by atoms with Crippen LogP contribution in [0.5, 0.6) is 0 Å². The number of benzene rings is 1. The SMILES string of the molecule is COC(=O)c1occc1-c1ccc(NC(=O)OC(C)(C)C)cc1. The van der Waals surface area contributed by atoms with Crippen LogP contribution in [0.3, 0.4) is 0 Å². The van der Waals surface area contributed by atoms with Crippen molar-refractivity contribution in [2.24, 2.45) is 0 Å². The van der Waals surface area contributed by atoms with Gasteiger partial charge in [0.25, 0.3) is 0 Å². The number of nitrogens with one attached hydrogen (secondary N) is 1. The molecule has 122 valence electrons. The molecule has 1 aromatic heterocycles. The first-order valence-corrected chi connectivity index (χ1v) is 7.06. The van der Waals surface area contributed by atoms with Crippen LogP contribution in [0, 0.1) is 0 Å². The Hall–Kier alpha value is -2.76. The topological polar surface area (TPSA) is 77.8 Å². The maximum absolute atomic E-state index is 11.7. The second kappa shape index (κ2) is 6.56. The number of methoxy groups -OCH3 is 1. The summed E-state index contributed by atoms with van der Waals surface area (Å²) in [7, 11) is 1.29. The van der Waals surface area contributed by atoms with Gasteiger partial charge < -0.3 is 13.9 Å². The molecule has 0 saturated heterocycles. The van der Waals surface area contributed by atoms with Crippen LogP contribution in [0.1, 0.15) is 31.3 Å². The minimum Gasteiger partial charge on any atom is -0.463 e. The molecule has 0 radical (unpaired) electrons. The second-order valence-electron chi connectivity index (χ2n) is 5.86. The molecular formula is C17H19NO5. The minimum atomic E-state index is -0.559. The third-order valence-electron chi connectivity index (χ3n) is 2.88. The van der Waals surface area contributed by atoms with Gasteiger partial charge in [-0.2, -0.15) is 0 Å². The number of rotatable bonds is 3. The fourth-order valence-electron chi connectivity index (χ4n) is 1.94. The number of carbonyl (C=O) groups excluding carboxylic acids is 2. The second-order valence-corrected chi connectivity index (χ2v) is 5.86. The van der Waals surface area contributed by atoms with Gasteiger partial charge in [-0.05, 0) is 44.5 Å². The van der Waals surface area contributed by atoms with Crippen molar-refractivity contribution in [2.45, 2.75) is 26.4 Å². The molecule has 0 saturated carbocycles. The van der Waals surface area contributed by atoms with Crippen molar-refractivity contribution in [3.8, 4) is 11.1 Å².